The molecular weight excluding hydrogens is 722 g/mol. The van der Waals surface area contributed by atoms with Crippen molar-refractivity contribution >= 4 is 34.6 Å². The number of rotatable bonds is 22. The summed E-state index contributed by atoms with van der Waals surface area (Å²) in [4.78, 5) is 4.82. The molecule has 0 atom stereocenters. The minimum Gasteiger partial charge on any atom is -0.310 e. The van der Waals surface area contributed by atoms with Gasteiger partial charge in [-0.05, 0) is 97.3 Å². The second kappa shape index (κ2) is 22.8. The minimum atomic E-state index is 0. The molecule has 0 radical (unpaired) electrons. The molecule has 2 aromatic carbocycles. The maximum atomic E-state index is 7.51. The summed E-state index contributed by atoms with van der Waals surface area (Å²) in [5.74, 6) is 2.06. The van der Waals surface area contributed by atoms with Crippen LogP contribution in [0, 0.1) is 0 Å². The van der Waals surface area contributed by atoms with Crippen molar-refractivity contribution in [3.8, 4) is 0 Å². The van der Waals surface area contributed by atoms with Crippen LogP contribution in [0.15, 0.2) is 46.7 Å². The van der Waals surface area contributed by atoms with E-state index in [1.807, 2.05) is 0 Å². The van der Waals surface area contributed by atoms with Gasteiger partial charge in [0.15, 0.2) is 0 Å². The van der Waals surface area contributed by atoms with E-state index in [2.05, 4.69) is 102 Å². The number of benzene rings is 2. The zero-order valence-corrected chi connectivity index (χ0v) is 34.8. The Kier molecular flexibility index (Phi) is 20.5. The van der Waals surface area contributed by atoms with Crippen molar-refractivity contribution in [2.45, 2.75) is 182 Å². The molecule has 272 valence electrons. The predicted octanol–water partition coefficient (Wildman–Crippen LogP) is 15.3. The predicted molar refractivity (Wildman–Crippen MR) is 212 cm³/mol. The van der Waals surface area contributed by atoms with Gasteiger partial charge < -0.3 is 9.80 Å². The molecule has 0 N–H and O–H groups in total. The zero-order valence-electron chi connectivity index (χ0n) is 31.8. The average Bonchev–Trinajstić information content (AvgIpc) is 3.36. The van der Waals surface area contributed by atoms with Gasteiger partial charge in [0.05, 0.1) is 11.4 Å². The first-order valence-electron chi connectivity index (χ1n) is 19.7. The summed E-state index contributed by atoms with van der Waals surface area (Å²) in [6.07, 6.45) is 19.0. The second-order valence-corrected chi connectivity index (χ2v) is 15.0. The maximum absolute atomic E-state index is 7.51. The van der Waals surface area contributed by atoms with Gasteiger partial charge in [-0.1, -0.05) is 166 Å². The summed E-state index contributed by atoms with van der Waals surface area (Å²) in [5.41, 5.74) is 8.54. The van der Waals surface area contributed by atoms with Gasteiger partial charge in [0.2, 0.25) is 0 Å². The molecule has 0 aliphatic carbocycles. The first kappa shape index (κ1) is 43.2. The normalized spacial score (nSPS) is 13.6. The summed E-state index contributed by atoms with van der Waals surface area (Å²) in [5, 5.41) is 1.37. The topological polar surface area (TPSA) is 6.48 Å². The fraction of sp³-hybridized carbons (Fsp3) is 0.674. The summed E-state index contributed by atoms with van der Waals surface area (Å²) in [7, 11) is 0. The average molecular weight is 790 g/mol. The smallest absolute Gasteiger partial charge is 0.310 e. The monoisotopic (exact) mass is 788 g/mol. The second-order valence-electron chi connectivity index (χ2n) is 14.2. The summed E-state index contributed by atoms with van der Waals surface area (Å²) in [6, 6.07) is 14.3. The van der Waals surface area contributed by atoms with E-state index in [1.165, 1.54) is 136 Å². The fourth-order valence-corrected chi connectivity index (χ4v) is 9.02. The molecule has 2 nitrogen and oxygen atoms in total. The van der Waals surface area contributed by atoms with Crippen LogP contribution in [0.5, 0.6) is 0 Å². The van der Waals surface area contributed by atoms with E-state index < -0.39 is 0 Å². The van der Waals surface area contributed by atoms with Crippen LogP contribution in [0.4, 0.5) is 11.4 Å². The molecule has 0 unspecified atom stereocenters. The van der Waals surface area contributed by atoms with E-state index in [4.69, 9.17) is 23.2 Å². The molecule has 1 aliphatic rings. The zero-order chi connectivity index (χ0) is 34.3. The molecule has 5 heteroatoms. The molecule has 1 heterocycles. The van der Waals surface area contributed by atoms with Crippen molar-refractivity contribution in [2.75, 3.05) is 16.5 Å². The van der Waals surface area contributed by atoms with Crippen molar-refractivity contribution in [3.63, 3.8) is 0 Å². The number of hydrogen-bond donors (Lipinski definition) is 0. The molecule has 0 saturated carbocycles. The molecule has 48 heavy (non-hydrogen) atoms. The van der Waals surface area contributed by atoms with Gasteiger partial charge in [0.25, 0.3) is 0 Å². The van der Waals surface area contributed by atoms with Crippen molar-refractivity contribution in [3.05, 3.63) is 69.0 Å². The number of para-hydroxylation sites is 2. The van der Waals surface area contributed by atoms with Gasteiger partial charge in [0.1, 0.15) is 17.0 Å². The number of halogens is 2. The Hall–Kier alpha value is -0.978. The number of hydrogen-bond acceptors (Lipinski definition) is 2. The molecule has 0 saturated heterocycles. The third kappa shape index (κ3) is 10.5. The van der Waals surface area contributed by atoms with Gasteiger partial charge in [-0.3, -0.25) is 0 Å². The van der Waals surface area contributed by atoms with Crippen LogP contribution in [-0.2, 0) is 20.4 Å². The third-order valence-electron chi connectivity index (χ3n) is 10.5. The Morgan fingerprint density at radius 3 is 0.833 bits per heavy atom. The Labute approximate surface area is 320 Å². The van der Waals surface area contributed by atoms with Crippen molar-refractivity contribution in [2.24, 2.45) is 0 Å². The van der Waals surface area contributed by atoms with Crippen LogP contribution in [0.2, 0.25) is 0 Å². The molecule has 0 fully saturated rings. The molecule has 2 aromatic rings. The number of anilines is 2. The van der Waals surface area contributed by atoms with Gasteiger partial charge >= 0.3 is 20.4 Å². The fourth-order valence-electron chi connectivity index (χ4n) is 8.54. The van der Waals surface area contributed by atoms with Crippen molar-refractivity contribution < 1.29 is 20.4 Å². The number of nitrogens with zero attached hydrogens (tertiary/aromatic N) is 2. The largest absolute Gasteiger partial charge is 2.00 e. The molecule has 0 bridgehead atoms. The maximum Gasteiger partial charge on any atom is 2.00 e. The van der Waals surface area contributed by atoms with Crippen LogP contribution in [-0.4, -0.2) is 6.67 Å². The van der Waals surface area contributed by atoms with E-state index in [-0.39, 0.29) is 20.4 Å². The van der Waals surface area contributed by atoms with Crippen molar-refractivity contribution in [1.82, 2.24) is 0 Å². The van der Waals surface area contributed by atoms with Crippen LogP contribution < -0.4 is 9.80 Å². The van der Waals surface area contributed by atoms with Crippen LogP contribution in [0.1, 0.15) is 204 Å². The van der Waals surface area contributed by atoms with E-state index in [1.54, 1.807) is 0 Å². The Balaban J connectivity index is 0.00000800. The third-order valence-corrected chi connectivity index (χ3v) is 11.4. The van der Waals surface area contributed by atoms with Gasteiger partial charge in [-0.15, -0.1) is 0 Å². The Morgan fingerprint density at radius 1 is 0.438 bits per heavy atom. The molecule has 3 rings (SSSR count). The molecular formula is C43H68Cl2N2Pd+2. The first-order chi connectivity index (χ1) is 22.9. The van der Waals surface area contributed by atoms with Gasteiger partial charge in [0, 0.05) is 0 Å². The summed E-state index contributed by atoms with van der Waals surface area (Å²) < 4.78 is 0. The molecule has 0 amide bonds. The van der Waals surface area contributed by atoms with E-state index in [0.717, 1.165) is 0 Å². The van der Waals surface area contributed by atoms with E-state index >= 15 is 0 Å². The SMILES string of the molecule is CCCC(CCC)c1cccc(C(CCC)CCC)c1N1CN(c2c(C(CCC)CCC)cccc2C(CCC)CCC)C(Cl)=C1Cl.[Pd+2]. The Morgan fingerprint density at radius 2 is 0.646 bits per heavy atom. The van der Waals surface area contributed by atoms with Gasteiger partial charge in [-0.2, -0.15) is 0 Å². The minimum absolute atomic E-state index is 0. The van der Waals surface area contributed by atoms with E-state index in [0.29, 0.717) is 40.7 Å². The van der Waals surface area contributed by atoms with Crippen LogP contribution in [0.25, 0.3) is 0 Å². The standard InChI is InChI=1S/C43H68Cl2N2.Pd/c1-9-19-32(20-10-2)36-27-17-28-37(33(21-11-3)22-12-4)40(36)46-31-47(43(45)42(46)44)41-38(34(23-13-5)24-14-6)29-18-30-39(41)35(25-15-7)26-16-8;/h17-18,27-30,32-35H,9-16,19-26,31H2,1-8H3;/q;+2. The van der Waals surface area contributed by atoms with Crippen LogP contribution in [0.3, 0.4) is 0 Å². The molecule has 1 aliphatic heterocycles. The van der Waals surface area contributed by atoms with E-state index in [9.17, 15) is 0 Å². The summed E-state index contributed by atoms with van der Waals surface area (Å²) >= 11 is 15.0. The van der Waals surface area contributed by atoms with Crippen molar-refractivity contribution in [1.29, 1.82) is 0 Å². The molecule has 0 aromatic heterocycles. The van der Waals surface area contributed by atoms with Crippen LogP contribution >= 0.6 is 23.2 Å². The van der Waals surface area contributed by atoms with Gasteiger partial charge in [-0.25, -0.2) is 0 Å². The molecule has 0 spiro atoms. The Bertz CT molecular complexity index is 1060. The summed E-state index contributed by atoms with van der Waals surface area (Å²) in [6.45, 7) is 19.3. The first-order valence-corrected chi connectivity index (χ1v) is 20.5. The quantitative estimate of drug-likeness (QED) is 0.0866.